The molecule has 1 fully saturated rings. The van der Waals surface area contributed by atoms with E-state index in [-0.39, 0.29) is 23.8 Å². The molecule has 6 heteroatoms. The summed E-state index contributed by atoms with van der Waals surface area (Å²) in [6.07, 6.45) is 2.45. The van der Waals surface area contributed by atoms with Crippen LogP contribution in [0, 0.1) is 5.41 Å². The first-order valence-corrected chi connectivity index (χ1v) is 10.1. The van der Waals surface area contributed by atoms with Crippen molar-refractivity contribution in [2.75, 3.05) is 25.0 Å². The third kappa shape index (κ3) is 6.36. The summed E-state index contributed by atoms with van der Waals surface area (Å²) >= 11 is 0. The van der Waals surface area contributed by atoms with Crippen molar-refractivity contribution in [2.24, 2.45) is 10.6 Å². The molecule has 1 aliphatic heterocycles. The Balaban J connectivity index is 1.74. The lowest BCUT2D eigenvalue weighted by Crippen LogP contribution is -2.44. The Morgan fingerprint density at radius 3 is 2.32 bits per heavy atom. The van der Waals surface area contributed by atoms with E-state index in [1.807, 2.05) is 49.9 Å². The minimum atomic E-state index is -0.365. The summed E-state index contributed by atoms with van der Waals surface area (Å²) in [7, 11) is 0. The average Bonchev–Trinajstić information content (AvgIpc) is 2.67. The molecule has 1 aromatic carbocycles. The monoisotopic (exact) mass is 387 g/mol. The van der Waals surface area contributed by atoms with Gasteiger partial charge in [-0.05, 0) is 30.0 Å². The van der Waals surface area contributed by atoms with Crippen LogP contribution in [0.1, 0.15) is 65.4 Å². The quantitative estimate of drug-likeness (QED) is 0.745. The molecule has 0 spiro atoms. The van der Waals surface area contributed by atoms with Crippen LogP contribution in [-0.2, 0) is 14.4 Å². The number of hydrogen-bond donors (Lipinski definition) is 1. The van der Waals surface area contributed by atoms with Gasteiger partial charge in [-0.25, -0.2) is 0 Å². The fourth-order valence-electron chi connectivity index (χ4n) is 3.04. The Hall–Kier alpha value is -2.37. The van der Waals surface area contributed by atoms with Gasteiger partial charge in [-0.3, -0.25) is 9.59 Å². The highest BCUT2D eigenvalue weighted by Gasteiger charge is 2.29. The van der Waals surface area contributed by atoms with E-state index in [0.29, 0.717) is 31.8 Å². The Bertz CT molecular complexity index is 695. The topological polar surface area (TPSA) is 71.0 Å². The van der Waals surface area contributed by atoms with Crippen molar-refractivity contribution in [3.63, 3.8) is 0 Å². The second-order valence-corrected chi connectivity index (χ2v) is 8.45. The zero-order chi connectivity index (χ0) is 20.7. The van der Waals surface area contributed by atoms with E-state index in [2.05, 4.69) is 24.3 Å². The predicted molar refractivity (Wildman–Crippen MR) is 112 cm³/mol. The third-order valence-corrected chi connectivity index (χ3v) is 5.03. The van der Waals surface area contributed by atoms with E-state index in [0.717, 1.165) is 17.8 Å². The zero-order valence-corrected chi connectivity index (χ0v) is 17.7. The number of hydrogen-bond acceptors (Lipinski definition) is 4. The highest BCUT2D eigenvalue weighted by molar-refractivity contribution is 5.92. The summed E-state index contributed by atoms with van der Waals surface area (Å²) in [6.45, 7) is 11.3. The molecular weight excluding hydrogens is 354 g/mol. The third-order valence-electron chi connectivity index (χ3n) is 5.03. The molecule has 2 amide bonds. The number of anilines is 1. The van der Waals surface area contributed by atoms with Crippen LogP contribution < -0.4 is 5.32 Å². The molecule has 1 heterocycles. The molecule has 0 radical (unpaired) electrons. The van der Waals surface area contributed by atoms with Crippen LogP contribution in [0.5, 0.6) is 0 Å². The number of nitrogens with one attached hydrogen (secondary N) is 1. The van der Waals surface area contributed by atoms with E-state index in [9.17, 15) is 9.59 Å². The lowest BCUT2D eigenvalue weighted by molar-refractivity contribution is -0.139. The lowest BCUT2D eigenvalue weighted by Gasteiger charge is -2.32. The van der Waals surface area contributed by atoms with Crippen molar-refractivity contribution in [2.45, 2.75) is 59.8 Å². The van der Waals surface area contributed by atoms with Gasteiger partial charge in [0.05, 0.1) is 5.71 Å². The van der Waals surface area contributed by atoms with E-state index in [1.54, 1.807) is 0 Å². The molecule has 1 saturated heterocycles. The van der Waals surface area contributed by atoms with Gasteiger partial charge in [0.15, 0.2) is 6.61 Å². The molecule has 154 valence electrons. The fourth-order valence-corrected chi connectivity index (χ4v) is 3.04. The van der Waals surface area contributed by atoms with Crippen molar-refractivity contribution < 1.29 is 14.4 Å². The van der Waals surface area contributed by atoms with Gasteiger partial charge in [-0.2, -0.15) is 0 Å². The normalized spacial score (nSPS) is 15.8. The first-order chi connectivity index (χ1) is 13.2. The van der Waals surface area contributed by atoms with Crippen molar-refractivity contribution in [3.8, 4) is 0 Å². The minimum Gasteiger partial charge on any atom is -0.386 e. The molecule has 0 bridgehead atoms. The van der Waals surface area contributed by atoms with Gasteiger partial charge in [0, 0.05) is 37.0 Å². The molecule has 1 unspecified atom stereocenters. The molecule has 28 heavy (non-hydrogen) atoms. The van der Waals surface area contributed by atoms with Crippen LogP contribution in [0.25, 0.3) is 0 Å². The predicted octanol–water partition coefficient (Wildman–Crippen LogP) is 4.18. The number of oxime groups is 1. The molecule has 1 aromatic rings. The maximum atomic E-state index is 12.3. The highest BCUT2D eigenvalue weighted by Crippen LogP contribution is 2.21. The van der Waals surface area contributed by atoms with E-state index >= 15 is 0 Å². The van der Waals surface area contributed by atoms with Crippen LogP contribution in [0.4, 0.5) is 5.69 Å². The van der Waals surface area contributed by atoms with Crippen LogP contribution in [0.15, 0.2) is 29.4 Å². The number of piperidine rings is 1. The number of nitrogens with zero attached hydrogens (tertiary/aromatic N) is 2. The second-order valence-electron chi connectivity index (χ2n) is 8.45. The van der Waals surface area contributed by atoms with E-state index in [4.69, 9.17) is 4.84 Å². The highest BCUT2D eigenvalue weighted by atomic mass is 16.6. The van der Waals surface area contributed by atoms with E-state index < -0.39 is 0 Å². The van der Waals surface area contributed by atoms with Crippen molar-refractivity contribution in [3.05, 3.63) is 29.8 Å². The first kappa shape index (κ1) is 21.9. The standard InChI is InChI=1S/C22H33N3O3/c1-6-16(2)17-7-9-18(10-8-17)23-20(26)15-28-24-19-11-13-25(14-12-19)21(27)22(3,4)5/h7-10,16H,6,11-15H2,1-5H3,(H,23,26). The maximum absolute atomic E-state index is 12.3. The molecule has 2 rings (SSSR count). The van der Waals surface area contributed by atoms with E-state index in [1.165, 1.54) is 5.56 Å². The van der Waals surface area contributed by atoms with Crippen LogP contribution in [0.2, 0.25) is 0 Å². The lowest BCUT2D eigenvalue weighted by atomic mass is 9.93. The SMILES string of the molecule is CCC(C)c1ccc(NC(=O)CON=C2CCN(C(=O)C(C)(C)C)CC2)cc1. The minimum absolute atomic E-state index is 0.124. The summed E-state index contributed by atoms with van der Waals surface area (Å²) < 4.78 is 0. The molecule has 1 aliphatic rings. The largest absolute Gasteiger partial charge is 0.386 e. The fraction of sp³-hybridized carbons (Fsp3) is 0.591. The Labute approximate surface area is 168 Å². The second kappa shape index (κ2) is 9.71. The van der Waals surface area contributed by atoms with Gasteiger partial charge in [0.25, 0.3) is 5.91 Å². The molecular formula is C22H33N3O3. The maximum Gasteiger partial charge on any atom is 0.265 e. The molecule has 0 saturated carbocycles. The molecule has 0 aromatic heterocycles. The van der Waals surface area contributed by atoms with Gasteiger partial charge < -0.3 is 15.1 Å². The average molecular weight is 388 g/mol. The van der Waals surface area contributed by atoms with Gasteiger partial charge in [0.1, 0.15) is 0 Å². The summed E-state index contributed by atoms with van der Waals surface area (Å²) in [6, 6.07) is 7.90. The van der Waals surface area contributed by atoms with Crippen molar-refractivity contribution in [1.29, 1.82) is 0 Å². The Morgan fingerprint density at radius 2 is 1.79 bits per heavy atom. The molecule has 6 nitrogen and oxygen atoms in total. The van der Waals surface area contributed by atoms with Crippen LogP contribution in [-0.4, -0.2) is 42.1 Å². The van der Waals surface area contributed by atoms with Crippen LogP contribution >= 0.6 is 0 Å². The Morgan fingerprint density at radius 1 is 1.18 bits per heavy atom. The first-order valence-electron chi connectivity index (χ1n) is 10.1. The van der Waals surface area contributed by atoms with Crippen molar-refractivity contribution >= 4 is 23.2 Å². The summed E-state index contributed by atoms with van der Waals surface area (Å²) in [5.74, 6) is 0.432. The Kier molecular flexibility index (Phi) is 7.61. The molecule has 0 aliphatic carbocycles. The number of carbonyl (C=O) groups excluding carboxylic acids is 2. The molecule has 1 atom stereocenters. The summed E-state index contributed by atoms with van der Waals surface area (Å²) in [5.41, 5.74) is 2.54. The number of rotatable bonds is 6. The van der Waals surface area contributed by atoms with Gasteiger partial charge in [-0.1, -0.05) is 51.9 Å². The summed E-state index contributed by atoms with van der Waals surface area (Å²) in [5, 5.41) is 6.90. The zero-order valence-electron chi connectivity index (χ0n) is 17.7. The van der Waals surface area contributed by atoms with Crippen molar-refractivity contribution in [1.82, 2.24) is 4.90 Å². The van der Waals surface area contributed by atoms with Gasteiger partial charge in [-0.15, -0.1) is 0 Å². The van der Waals surface area contributed by atoms with Gasteiger partial charge in [0.2, 0.25) is 5.91 Å². The molecule has 1 N–H and O–H groups in total. The van der Waals surface area contributed by atoms with Gasteiger partial charge >= 0.3 is 0 Å². The number of benzene rings is 1. The number of amides is 2. The number of carbonyl (C=O) groups is 2. The smallest absolute Gasteiger partial charge is 0.265 e. The van der Waals surface area contributed by atoms with Crippen LogP contribution in [0.3, 0.4) is 0 Å². The summed E-state index contributed by atoms with van der Waals surface area (Å²) in [4.78, 5) is 31.4. The number of likely N-dealkylation sites (tertiary alicyclic amines) is 1.